The van der Waals surface area contributed by atoms with Gasteiger partial charge in [0.1, 0.15) is 11.5 Å². The summed E-state index contributed by atoms with van der Waals surface area (Å²) < 4.78 is 35.1. The van der Waals surface area contributed by atoms with E-state index in [9.17, 15) is 13.6 Å². The molecule has 2 aliphatic rings. The summed E-state index contributed by atoms with van der Waals surface area (Å²) in [5, 5.41) is 3.52. The predicted octanol–water partition coefficient (Wildman–Crippen LogP) is 2.62. The van der Waals surface area contributed by atoms with Crippen LogP contribution in [0.4, 0.5) is 14.5 Å². The van der Waals surface area contributed by atoms with Crippen LogP contribution in [-0.4, -0.2) is 62.3 Å². The van der Waals surface area contributed by atoms with Crippen molar-refractivity contribution in [2.24, 2.45) is 21.5 Å². The molecule has 1 saturated heterocycles. The Labute approximate surface area is 198 Å². The third kappa shape index (κ3) is 5.80. The highest BCUT2D eigenvalue weighted by Gasteiger charge is 2.26. The number of amidine groups is 1. The number of allylic oxidation sites excluding steroid dienone is 1. The molecule has 0 atom stereocenters. The number of hydrogen-bond donors (Lipinski definition) is 3. The van der Waals surface area contributed by atoms with E-state index in [0.29, 0.717) is 38.2 Å². The maximum atomic E-state index is 14.9. The lowest BCUT2D eigenvalue weighted by Crippen LogP contribution is -2.44. The second kappa shape index (κ2) is 11.7. The molecule has 34 heavy (non-hydrogen) atoms. The van der Waals surface area contributed by atoms with Crippen LogP contribution < -0.4 is 16.8 Å². The van der Waals surface area contributed by atoms with Crippen molar-refractivity contribution in [3.05, 3.63) is 46.8 Å². The lowest BCUT2D eigenvalue weighted by atomic mass is 10.0. The molecular weight excluding hydrogens is 442 g/mol. The van der Waals surface area contributed by atoms with Gasteiger partial charge in [0, 0.05) is 80.5 Å². The highest BCUT2D eigenvalue weighted by molar-refractivity contribution is 6.09. The van der Waals surface area contributed by atoms with Crippen LogP contribution >= 0.6 is 0 Å². The van der Waals surface area contributed by atoms with Gasteiger partial charge in [-0.3, -0.25) is 9.79 Å². The zero-order chi connectivity index (χ0) is 24.7. The van der Waals surface area contributed by atoms with Crippen molar-refractivity contribution in [3.8, 4) is 0 Å². The summed E-state index contributed by atoms with van der Waals surface area (Å²) in [6.07, 6.45) is 5.14. The first kappa shape index (κ1) is 25.4. The van der Waals surface area contributed by atoms with Gasteiger partial charge in [0.05, 0.1) is 6.54 Å². The first-order valence-electron chi connectivity index (χ1n) is 11.4. The fourth-order valence-corrected chi connectivity index (χ4v) is 4.07. The third-order valence-corrected chi connectivity index (χ3v) is 5.97. The predicted molar refractivity (Wildman–Crippen MR) is 130 cm³/mol. The molecule has 5 N–H and O–H groups in total. The second-order valence-electron chi connectivity index (χ2n) is 8.17. The lowest BCUT2D eigenvalue weighted by molar-refractivity contribution is -0.130. The van der Waals surface area contributed by atoms with Crippen molar-refractivity contribution in [1.82, 2.24) is 10.2 Å². The molecule has 2 aliphatic heterocycles. The van der Waals surface area contributed by atoms with Crippen LogP contribution in [0.25, 0.3) is 5.57 Å². The highest BCUT2D eigenvalue weighted by Crippen LogP contribution is 2.28. The fourth-order valence-electron chi connectivity index (χ4n) is 4.07. The number of carbonyl (C=O) groups is 1. The topological polar surface area (TPSA) is 118 Å². The monoisotopic (exact) mass is 474 g/mol. The van der Waals surface area contributed by atoms with Crippen LogP contribution in [0.1, 0.15) is 38.2 Å². The van der Waals surface area contributed by atoms with Crippen molar-refractivity contribution in [2.45, 2.75) is 38.6 Å². The van der Waals surface area contributed by atoms with Crippen LogP contribution in [-0.2, 0) is 9.53 Å². The SMILES string of the molecule is CCC(=O)N1CCC(NC2CCOCC2)=C(C(N)=Nc2ccc(C(C=NC)=CN)c(F)c2F)C1. The number of nitrogens with zero attached hydrogens (tertiary/aromatic N) is 3. The molecule has 0 aliphatic carbocycles. The standard InChI is InChI=1S/C24H32F2N6O2/c1-3-21(33)32-9-6-19(30-16-7-10-34-11-8-16)18(14-32)24(28)31-20-5-4-17(22(25)23(20)26)15(12-27)13-29-2/h4-5,12-13,16,30H,3,6-11,14,27H2,1-2H3,(H2,28,31). The molecule has 0 radical (unpaired) electrons. The molecule has 184 valence electrons. The van der Waals surface area contributed by atoms with Gasteiger partial charge in [-0.05, 0) is 25.0 Å². The Morgan fingerprint density at radius 3 is 2.68 bits per heavy atom. The van der Waals surface area contributed by atoms with E-state index in [0.717, 1.165) is 24.7 Å². The van der Waals surface area contributed by atoms with Crippen molar-refractivity contribution in [3.63, 3.8) is 0 Å². The van der Waals surface area contributed by atoms with Gasteiger partial charge in [-0.15, -0.1) is 0 Å². The van der Waals surface area contributed by atoms with Crippen LogP contribution in [0.15, 0.2) is 39.6 Å². The molecule has 2 heterocycles. The number of carbonyl (C=O) groups excluding carboxylic acids is 1. The number of benzene rings is 1. The summed E-state index contributed by atoms with van der Waals surface area (Å²) in [5.74, 6) is -2.19. The first-order chi connectivity index (χ1) is 16.4. The van der Waals surface area contributed by atoms with Gasteiger partial charge in [0.15, 0.2) is 11.6 Å². The molecule has 0 spiro atoms. The van der Waals surface area contributed by atoms with E-state index in [4.69, 9.17) is 16.2 Å². The van der Waals surface area contributed by atoms with Gasteiger partial charge < -0.3 is 26.4 Å². The molecule has 0 unspecified atom stereocenters. The van der Waals surface area contributed by atoms with E-state index in [2.05, 4.69) is 15.3 Å². The summed E-state index contributed by atoms with van der Waals surface area (Å²) in [6, 6.07) is 2.95. The summed E-state index contributed by atoms with van der Waals surface area (Å²) in [5.41, 5.74) is 13.3. The number of hydrogen-bond acceptors (Lipinski definition) is 6. The molecule has 1 aromatic carbocycles. The van der Waals surface area contributed by atoms with Crippen LogP contribution in [0.3, 0.4) is 0 Å². The summed E-state index contributed by atoms with van der Waals surface area (Å²) >= 11 is 0. The van der Waals surface area contributed by atoms with E-state index in [1.165, 1.54) is 25.4 Å². The number of nitrogens with two attached hydrogens (primary N) is 2. The van der Waals surface area contributed by atoms with Crippen LogP contribution in [0.2, 0.25) is 0 Å². The molecule has 8 nitrogen and oxygen atoms in total. The minimum Gasteiger partial charge on any atom is -0.404 e. The Morgan fingerprint density at radius 1 is 1.29 bits per heavy atom. The van der Waals surface area contributed by atoms with E-state index in [-0.39, 0.29) is 41.2 Å². The number of ether oxygens (including phenoxy) is 1. The number of amides is 1. The zero-order valence-corrected chi connectivity index (χ0v) is 19.6. The average molecular weight is 475 g/mol. The maximum absolute atomic E-state index is 14.9. The molecule has 10 heteroatoms. The molecule has 0 saturated carbocycles. The van der Waals surface area contributed by atoms with Crippen molar-refractivity contribution >= 4 is 29.2 Å². The maximum Gasteiger partial charge on any atom is 0.222 e. The molecule has 3 rings (SSSR count). The number of rotatable bonds is 7. The van der Waals surface area contributed by atoms with Crippen molar-refractivity contribution in [2.75, 3.05) is 33.4 Å². The summed E-state index contributed by atoms with van der Waals surface area (Å²) in [6.45, 7) is 3.95. The Hall–Kier alpha value is -3.27. The largest absolute Gasteiger partial charge is 0.404 e. The van der Waals surface area contributed by atoms with Crippen LogP contribution in [0, 0.1) is 11.6 Å². The van der Waals surface area contributed by atoms with Gasteiger partial charge >= 0.3 is 0 Å². The van der Waals surface area contributed by atoms with Gasteiger partial charge in [-0.2, -0.15) is 0 Å². The van der Waals surface area contributed by atoms with E-state index in [1.807, 2.05) is 0 Å². The van der Waals surface area contributed by atoms with Gasteiger partial charge in [-0.1, -0.05) is 6.92 Å². The normalized spacial score (nSPS) is 18.6. The van der Waals surface area contributed by atoms with Gasteiger partial charge in [-0.25, -0.2) is 13.8 Å². The minimum absolute atomic E-state index is 0.00400. The van der Waals surface area contributed by atoms with Gasteiger partial charge in [0.2, 0.25) is 5.91 Å². The Bertz CT molecular complexity index is 1030. The number of halogens is 2. The molecule has 0 aromatic heterocycles. The van der Waals surface area contributed by atoms with E-state index in [1.54, 1.807) is 11.8 Å². The number of nitrogens with one attached hydrogen (secondary N) is 1. The van der Waals surface area contributed by atoms with Crippen molar-refractivity contribution < 1.29 is 18.3 Å². The Morgan fingerprint density at radius 2 is 2.03 bits per heavy atom. The smallest absolute Gasteiger partial charge is 0.222 e. The van der Waals surface area contributed by atoms with Crippen LogP contribution in [0.5, 0.6) is 0 Å². The lowest BCUT2D eigenvalue weighted by Gasteiger charge is -2.34. The minimum atomic E-state index is -1.14. The summed E-state index contributed by atoms with van der Waals surface area (Å²) in [7, 11) is 1.51. The summed E-state index contributed by atoms with van der Waals surface area (Å²) in [4.78, 5) is 22.0. The highest BCUT2D eigenvalue weighted by atomic mass is 19.2. The molecule has 0 bridgehead atoms. The Kier molecular flexibility index (Phi) is 8.75. The molecule has 1 amide bonds. The van der Waals surface area contributed by atoms with E-state index >= 15 is 0 Å². The third-order valence-electron chi connectivity index (χ3n) is 5.97. The quantitative estimate of drug-likeness (QED) is 0.415. The van der Waals surface area contributed by atoms with Gasteiger partial charge in [0.25, 0.3) is 0 Å². The second-order valence-corrected chi connectivity index (χ2v) is 8.17. The first-order valence-corrected chi connectivity index (χ1v) is 11.4. The number of aliphatic imine (C=N–C) groups is 2. The van der Waals surface area contributed by atoms with Crippen molar-refractivity contribution in [1.29, 1.82) is 0 Å². The average Bonchev–Trinajstić information content (AvgIpc) is 2.86. The molecule has 1 aromatic rings. The molecular formula is C24H32F2N6O2. The van der Waals surface area contributed by atoms with E-state index < -0.39 is 11.6 Å². The molecule has 1 fully saturated rings. The zero-order valence-electron chi connectivity index (χ0n) is 19.6. The Balaban J connectivity index is 1.96. The fraction of sp³-hybridized carbons (Fsp3) is 0.458.